The van der Waals surface area contributed by atoms with Crippen LogP contribution < -0.4 is 0 Å². The van der Waals surface area contributed by atoms with Crippen LogP contribution in [0.25, 0.3) is 0 Å². The summed E-state index contributed by atoms with van der Waals surface area (Å²) in [5, 5.41) is 8.36. The smallest absolute Gasteiger partial charge is 0.303 e. The lowest BCUT2D eigenvalue weighted by molar-refractivity contribution is -0.137. The van der Waals surface area contributed by atoms with Crippen molar-refractivity contribution in [2.75, 3.05) is 7.11 Å². The van der Waals surface area contributed by atoms with Gasteiger partial charge < -0.3 is 9.84 Å². The third-order valence-electron chi connectivity index (χ3n) is 1.74. The maximum absolute atomic E-state index is 10.1. The molecule has 3 nitrogen and oxygen atoms in total. The van der Waals surface area contributed by atoms with Gasteiger partial charge in [-0.2, -0.15) is 0 Å². The molecule has 76 valence electrons. The van der Waals surface area contributed by atoms with E-state index in [0.29, 0.717) is 6.42 Å². The zero-order valence-corrected chi connectivity index (χ0v) is 8.16. The molecule has 0 aromatic heterocycles. The van der Waals surface area contributed by atoms with E-state index in [1.807, 2.05) is 6.08 Å². The summed E-state index contributed by atoms with van der Waals surface area (Å²) < 4.78 is 4.74. The molecule has 13 heavy (non-hydrogen) atoms. The van der Waals surface area contributed by atoms with E-state index >= 15 is 0 Å². The van der Waals surface area contributed by atoms with Crippen molar-refractivity contribution in [1.82, 2.24) is 0 Å². The number of aliphatic carboxylic acids is 1. The molecule has 0 saturated carbocycles. The van der Waals surface area contributed by atoms with Gasteiger partial charge in [-0.25, -0.2) is 0 Å². The fourth-order valence-corrected chi connectivity index (χ4v) is 1.06. The van der Waals surface area contributed by atoms with Crippen molar-refractivity contribution in [2.24, 2.45) is 0 Å². The highest BCUT2D eigenvalue weighted by atomic mass is 16.5. The lowest BCUT2D eigenvalue weighted by Crippen LogP contribution is -1.93. The number of carbonyl (C=O) groups is 1. The van der Waals surface area contributed by atoms with E-state index < -0.39 is 5.97 Å². The van der Waals surface area contributed by atoms with Crippen molar-refractivity contribution >= 4 is 5.97 Å². The maximum Gasteiger partial charge on any atom is 0.303 e. The Kier molecular flexibility index (Phi) is 8.41. The number of carboxylic acids is 1. The van der Waals surface area contributed by atoms with Crippen LogP contribution in [0.1, 0.15) is 38.5 Å². The molecule has 0 aromatic carbocycles. The molecule has 0 aromatic rings. The highest BCUT2D eigenvalue weighted by Crippen LogP contribution is 2.05. The van der Waals surface area contributed by atoms with E-state index in [1.165, 1.54) is 0 Å². The minimum Gasteiger partial charge on any atom is -0.505 e. The van der Waals surface area contributed by atoms with Crippen LogP contribution in [0.3, 0.4) is 0 Å². The fraction of sp³-hybridized carbons (Fsp3) is 0.700. The van der Waals surface area contributed by atoms with Crippen LogP contribution in [0.2, 0.25) is 0 Å². The molecule has 0 unspecified atom stereocenters. The third-order valence-corrected chi connectivity index (χ3v) is 1.74. The topological polar surface area (TPSA) is 46.5 Å². The number of methoxy groups -OCH3 is 1. The lowest BCUT2D eigenvalue weighted by atomic mass is 10.1. The molecule has 0 saturated heterocycles. The highest BCUT2D eigenvalue weighted by molar-refractivity contribution is 5.66. The van der Waals surface area contributed by atoms with Crippen LogP contribution in [0.4, 0.5) is 0 Å². The van der Waals surface area contributed by atoms with Crippen molar-refractivity contribution in [3.8, 4) is 0 Å². The second-order valence-corrected chi connectivity index (χ2v) is 2.95. The molecule has 0 atom stereocenters. The van der Waals surface area contributed by atoms with E-state index in [0.717, 1.165) is 32.1 Å². The minimum absolute atomic E-state index is 0.300. The molecule has 0 heterocycles. The zero-order chi connectivity index (χ0) is 9.94. The van der Waals surface area contributed by atoms with Gasteiger partial charge >= 0.3 is 5.97 Å². The Bertz CT molecular complexity index is 152. The summed E-state index contributed by atoms with van der Waals surface area (Å²) >= 11 is 0. The first kappa shape index (κ1) is 12.0. The molecule has 0 radical (unpaired) electrons. The van der Waals surface area contributed by atoms with Gasteiger partial charge in [0.25, 0.3) is 0 Å². The van der Waals surface area contributed by atoms with Crippen molar-refractivity contribution in [3.63, 3.8) is 0 Å². The van der Waals surface area contributed by atoms with Gasteiger partial charge in [-0.05, 0) is 25.3 Å². The van der Waals surface area contributed by atoms with Gasteiger partial charge in [0, 0.05) is 6.42 Å². The van der Waals surface area contributed by atoms with Gasteiger partial charge in [0.2, 0.25) is 0 Å². The normalized spacial score (nSPS) is 10.5. The van der Waals surface area contributed by atoms with E-state index in [2.05, 4.69) is 0 Å². The van der Waals surface area contributed by atoms with Crippen molar-refractivity contribution in [3.05, 3.63) is 12.3 Å². The molecule has 0 aliphatic rings. The van der Waals surface area contributed by atoms with Gasteiger partial charge in [-0.3, -0.25) is 4.79 Å². The number of carboxylic acid groups (broad SMARTS) is 1. The van der Waals surface area contributed by atoms with Crippen LogP contribution in [0.5, 0.6) is 0 Å². The monoisotopic (exact) mass is 186 g/mol. The summed E-state index contributed by atoms with van der Waals surface area (Å²) in [7, 11) is 1.63. The molecular formula is C10H18O3. The molecule has 0 aliphatic carbocycles. The van der Waals surface area contributed by atoms with Gasteiger partial charge in [0.15, 0.2) is 0 Å². The second-order valence-electron chi connectivity index (χ2n) is 2.95. The van der Waals surface area contributed by atoms with Crippen LogP contribution in [0, 0.1) is 0 Å². The fourth-order valence-electron chi connectivity index (χ4n) is 1.06. The minimum atomic E-state index is -0.695. The van der Waals surface area contributed by atoms with Gasteiger partial charge in [0.1, 0.15) is 0 Å². The van der Waals surface area contributed by atoms with E-state index in [1.54, 1.807) is 13.4 Å². The summed E-state index contributed by atoms with van der Waals surface area (Å²) in [5.41, 5.74) is 0. The van der Waals surface area contributed by atoms with Crippen LogP contribution in [0.15, 0.2) is 12.3 Å². The highest BCUT2D eigenvalue weighted by Gasteiger charge is 1.95. The molecule has 0 amide bonds. The molecule has 1 N–H and O–H groups in total. The number of unbranched alkanes of at least 4 members (excludes halogenated alkanes) is 4. The third kappa shape index (κ3) is 11.0. The second kappa shape index (κ2) is 9.10. The van der Waals surface area contributed by atoms with E-state index in [-0.39, 0.29) is 0 Å². The SMILES string of the molecule is CO/C=C/CCCCCCC(=O)O. The quantitative estimate of drug-likeness (QED) is 0.468. The Labute approximate surface area is 79.4 Å². The Morgan fingerprint density at radius 1 is 1.31 bits per heavy atom. The van der Waals surface area contributed by atoms with E-state index in [4.69, 9.17) is 9.84 Å². The van der Waals surface area contributed by atoms with Gasteiger partial charge in [-0.1, -0.05) is 12.8 Å². The summed E-state index contributed by atoms with van der Waals surface area (Å²) in [4.78, 5) is 10.1. The summed E-state index contributed by atoms with van der Waals surface area (Å²) in [6, 6.07) is 0. The Balaban J connectivity index is 2.99. The van der Waals surface area contributed by atoms with Gasteiger partial charge in [0.05, 0.1) is 13.4 Å². The Morgan fingerprint density at radius 2 is 2.00 bits per heavy atom. The molecule has 0 aliphatic heterocycles. The Morgan fingerprint density at radius 3 is 2.62 bits per heavy atom. The first-order chi connectivity index (χ1) is 6.27. The van der Waals surface area contributed by atoms with Crippen LogP contribution in [-0.4, -0.2) is 18.2 Å². The van der Waals surface area contributed by atoms with Gasteiger partial charge in [-0.15, -0.1) is 0 Å². The average Bonchev–Trinajstić information content (AvgIpc) is 2.09. The number of allylic oxidation sites excluding steroid dienone is 1. The van der Waals surface area contributed by atoms with Crippen molar-refractivity contribution in [2.45, 2.75) is 38.5 Å². The molecule has 0 fully saturated rings. The van der Waals surface area contributed by atoms with Crippen LogP contribution >= 0.6 is 0 Å². The molecular weight excluding hydrogens is 168 g/mol. The van der Waals surface area contributed by atoms with E-state index in [9.17, 15) is 4.79 Å². The number of hydrogen-bond donors (Lipinski definition) is 1. The number of hydrogen-bond acceptors (Lipinski definition) is 2. The van der Waals surface area contributed by atoms with Crippen LogP contribution in [-0.2, 0) is 9.53 Å². The summed E-state index contributed by atoms with van der Waals surface area (Å²) in [5.74, 6) is -0.695. The maximum atomic E-state index is 10.1. The molecule has 0 bridgehead atoms. The predicted octanol–water partition coefficient (Wildman–Crippen LogP) is 2.57. The summed E-state index contributed by atoms with van der Waals surface area (Å²) in [6.07, 6.45) is 8.99. The summed E-state index contributed by atoms with van der Waals surface area (Å²) in [6.45, 7) is 0. The standard InChI is InChI=1S/C10H18O3/c1-13-9-7-5-3-2-4-6-8-10(11)12/h7,9H,2-6,8H2,1H3,(H,11,12)/b9-7+. The lowest BCUT2D eigenvalue weighted by Gasteiger charge is -1.96. The zero-order valence-electron chi connectivity index (χ0n) is 8.16. The first-order valence-electron chi connectivity index (χ1n) is 4.67. The van der Waals surface area contributed by atoms with Crippen molar-refractivity contribution < 1.29 is 14.6 Å². The average molecular weight is 186 g/mol. The van der Waals surface area contributed by atoms with Crippen molar-refractivity contribution in [1.29, 1.82) is 0 Å². The predicted molar refractivity (Wildman–Crippen MR) is 51.5 cm³/mol. The largest absolute Gasteiger partial charge is 0.505 e. The molecule has 3 heteroatoms. The number of rotatable bonds is 8. The number of ether oxygens (including phenoxy) is 1. The first-order valence-corrected chi connectivity index (χ1v) is 4.67. The Hall–Kier alpha value is -0.990. The molecule has 0 rings (SSSR count). The molecule has 0 spiro atoms.